The Morgan fingerprint density at radius 2 is 2.05 bits per heavy atom. The predicted octanol–water partition coefficient (Wildman–Crippen LogP) is 2.47. The fourth-order valence-electron chi connectivity index (χ4n) is 2.59. The molecule has 0 amide bonds. The first-order valence-corrected chi connectivity index (χ1v) is 7.56. The van der Waals surface area contributed by atoms with Gasteiger partial charge in [-0.2, -0.15) is 5.10 Å². The van der Waals surface area contributed by atoms with Crippen molar-refractivity contribution in [1.82, 2.24) is 14.7 Å². The Balaban J connectivity index is 2.24. The van der Waals surface area contributed by atoms with Crippen LogP contribution in [0.3, 0.4) is 0 Å². The smallest absolute Gasteiger partial charge is 0.0843 e. The number of para-hydroxylation sites is 1. The quantitative estimate of drug-likeness (QED) is 0.843. The topological polar surface area (TPSA) is 47.1 Å². The molecule has 1 heterocycles. The maximum atomic E-state index is 5.74. The zero-order valence-electron chi connectivity index (χ0n) is 12.8. The van der Waals surface area contributed by atoms with E-state index in [0.717, 1.165) is 32.7 Å². The molecule has 0 spiro atoms. The summed E-state index contributed by atoms with van der Waals surface area (Å²) in [6.07, 6.45) is 0. The zero-order chi connectivity index (χ0) is 14.5. The Bertz CT molecular complexity index is 546. The second-order valence-corrected chi connectivity index (χ2v) is 5.45. The van der Waals surface area contributed by atoms with Crippen LogP contribution >= 0.6 is 0 Å². The van der Waals surface area contributed by atoms with E-state index >= 15 is 0 Å². The number of benzene rings is 1. The van der Waals surface area contributed by atoms with E-state index in [2.05, 4.69) is 54.6 Å². The van der Waals surface area contributed by atoms with E-state index in [1.165, 1.54) is 16.6 Å². The van der Waals surface area contributed by atoms with Crippen molar-refractivity contribution >= 4 is 10.9 Å². The largest absolute Gasteiger partial charge is 0.330 e. The molecule has 0 aliphatic carbocycles. The lowest BCUT2D eigenvalue weighted by Crippen LogP contribution is -2.31. The fraction of sp³-hybridized carbons (Fsp3) is 0.562. The highest BCUT2D eigenvalue weighted by molar-refractivity contribution is 5.81. The summed E-state index contributed by atoms with van der Waals surface area (Å²) in [5, 5.41) is 6.04. The van der Waals surface area contributed by atoms with Crippen LogP contribution in [0.5, 0.6) is 0 Å². The molecule has 0 aliphatic rings. The molecule has 1 atom stereocenters. The van der Waals surface area contributed by atoms with Gasteiger partial charge in [-0.15, -0.1) is 0 Å². The number of nitrogens with zero attached hydrogens (tertiary/aromatic N) is 3. The van der Waals surface area contributed by atoms with Gasteiger partial charge in [-0.25, -0.2) is 0 Å². The summed E-state index contributed by atoms with van der Waals surface area (Å²) < 4.78 is 2.09. The van der Waals surface area contributed by atoms with Gasteiger partial charge in [0.15, 0.2) is 0 Å². The fourth-order valence-corrected chi connectivity index (χ4v) is 2.59. The number of hydrogen-bond donors (Lipinski definition) is 1. The first-order chi connectivity index (χ1) is 9.69. The van der Waals surface area contributed by atoms with Crippen LogP contribution in [0.2, 0.25) is 0 Å². The third kappa shape index (κ3) is 3.19. The number of hydrogen-bond acceptors (Lipinski definition) is 3. The molecule has 2 rings (SSSR count). The van der Waals surface area contributed by atoms with E-state index in [1.807, 2.05) is 0 Å². The Hall–Kier alpha value is -1.39. The molecule has 2 N–H and O–H groups in total. The first-order valence-electron chi connectivity index (χ1n) is 7.56. The average Bonchev–Trinajstić information content (AvgIpc) is 2.84. The Morgan fingerprint density at radius 3 is 2.70 bits per heavy atom. The zero-order valence-corrected chi connectivity index (χ0v) is 12.8. The summed E-state index contributed by atoms with van der Waals surface area (Å²) in [4.78, 5) is 2.42. The minimum absolute atomic E-state index is 0.523. The lowest BCUT2D eigenvalue weighted by Gasteiger charge is -2.22. The summed E-state index contributed by atoms with van der Waals surface area (Å²) in [5.74, 6) is 0.523. The van der Waals surface area contributed by atoms with Crippen molar-refractivity contribution in [3.8, 4) is 0 Å². The third-order valence-corrected chi connectivity index (χ3v) is 3.83. The van der Waals surface area contributed by atoms with E-state index in [-0.39, 0.29) is 0 Å². The molecule has 0 bridgehead atoms. The molecule has 0 aliphatic heterocycles. The van der Waals surface area contributed by atoms with E-state index in [0.29, 0.717) is 5.92 Å². The summed E-state index contributed by atoms with van der Waals surface area (Å²) in [6.45, 7) is 11.1. The van der Waals surface area contributed by atoms with Crippen LogP contribution in [-0.4, -0.2) is 34.3 Å². The van der Waals surface area contributed by atoms with Gasteiger partial charge >= 0.3 is 0 Å². The number of aromatic nitrogens is 2. The highest BCUT2D eigenvalue weighted by atomic mass is 15.3. The summed E-state index contributed by atoms with van der Waals surface area (Å²) in [5.41, 5.74) is 8.14. The van der Waals surface area contributed by atoms with Crippen molar-refractivity contribution < 1.29 is 0 Å². The van der Waals surface area contributed by atoms with Crippen LogP contribution in [0, 0.1) is 5.92 Å². The highest BCUT2D eigenvalue weighted by Crippen LogP contribution is 2.20. The van der Waals surface area contributed by atoms with Gasteiger partial charge in [0.1, 0.15) is 0 Å². The van der Waals surface area contributed by atoms with Crippen molar-refractivity contribution in [2.45, 2.75) is 33.9 Å². The van der Waals surface area contributed by atoms with Crippen LogP contribution in [-0.2, 0) is 13.1 Å². The van der Waals surface area contributed by atoms with Gasteiger partial charge in [0.2, 0.25) is 0 Å². The maximum absolute atomic E-state index is 5.74. The number of nitrogens with two attached hydrogens (primary N) is 1. The Morgan fingerprint density at radius 1 is 1.30 bits per heavy atom. The maximum Gasteiger partial charge on any atom is 0.0843 e. The SMILES string of the molecule is CCN(Cc1nn(CC)c2ccccc12)CC(C)CN. The molecule has 1 unspecified atom stereocenters. The highest BCUT2D eigenvalue weighted by Gasteiger charge is 2.14. The van der Waals surface area contributed by atoms with Crippen molar-refractivity contribution in [2.75, 3.05) is 19.6 Å². The van der Waals surface area contributed by atoms with Crippen LogP contribution in [0.15, 0.2) is 24.3 Å². The van der Waals surface area contributed by atoms with Crippen molar-refractivity contribution in [2.24, 2.45) is 11.7 Å². The second kappa shape index (κ2) is 6.86. The molecular formula is C16H26N4. The molecule has 0 saturated heterocycles. The number of aryl methyl sites for hydroxylation is 1. The minimum atomic E-state index is 0.523. The van der Waals surface area contributed by atoms with Crippen molar-refractivity contribution in [1.29, 1.82) is 0 Å². The summed E-state index contributed by atoms with van der Waals surface area (Å²) in [6, 6.07) is 8.48. The molecule has 20 heavy (non-hydrogen) atoms. The van der Waals surface area contributed by atoms with Crippen LogP contribution in [0.4, 0.5) is 0 Å². The van der Waals surface area contributed by atoms with E-state index < -0.39 is 0 Å². The molecule has 0 fully saturated rings. The molecule has 0 radical (unpaired) electrons. The average molecular weight is 274 g/mol. The number of fused-ring (bicyclic) bond motifs is 1. The van der Waals surface area contributed by atoms with Gasteiger partial charge < -0.3 is 5.73 Å². The van der Waals surface area contributed by atoms with Crippen LogP contribution in [0.1, 0.15) is 26.5 Å². The molecule has 1 aromatic heterocycles. The number of rotatable bonds is 7. The van der Waals surface area contributed by atoms with Gasteiger partial charge in [0.05, 0.1) is 11.2 Å². The second-order valence-electron chi connectivity index (χ2n) is 5.45. The van der Waals surface area contributed by atoms with E-state index in [9.17, 15) is 0 Å². The Labute approximate surface area is 121 Å². The van der Waals surface area contributed by atoms with Crippen LogP contribution in [0.25, 0.3) is 10.9 Å². The molecular weight excluding hydrogens is 248 g/mol. The van der Waals surface area contributed by atoms with Gasteiger partial charge in [0, 0.05) is 25.0 Å². The molecule has 2 aromatic rings. The van der Waals surface area contributed by atoms with Gasteiger partial charge in [-0.3, -0.25) is 9.58 Å². The lowest BCUT2D eigenvalue weighted by atomic mass is 10.1. The predicted molar refractivity (Wildman–Crippen MR) is 84.6 cm³/mol. The summed E-state index contributed by atoms with van der Waals surface area (Å²) >= 11 is 0. The minimum Gasteiger partial charge on any atom is -0.330 e. The molecule has 110 valence electrons. The molecule has 4 nitrogen and oxygen atoms in total. The van der Waals surface area contributed by atoms with Gasteiger partial charge in [0.25, 0.3) is 0 Å². The third-order valence-electron chi connectivity index (χ3n) is 3.83. The monoisotopic (exact) mass is 274 g/mol. The lowest BCUT2D eigenvalue weighted by molar-refractivity contribution is 0.241. The molecule has 1 aromatic carbocycles. The molecule has 4 heteroatoms. The van der Waals surface area contributed by atoms with Gasteiger partial charge in [-0.1, -0.05) is 32.0 Å². The molecule has 0 saturated carbocycles. The summed E-state index contributed by atoms with van der Waals surface area (Å²) in [7, 11) is 0. The first kappa shape index (κ1) is 15.0. The Kier molecular flexibility index (Phi) is 5.15. The van der Waals surface area contributed by atoms with E-state index in [1.54, 1.807) is 0 Å². The standard InChI is InChI=1S/C16H26N4/c1-4-19(11-13(3)10-17)12-15-14-8-6-7-9-16(14)20(5-2)18-15/h6-9,13H,4-5,10-12,17H2,1-3H3. The normalized spacial score (nSPS) is 13.2. The van der Waals surface area contributed by atoms with E-state index in [4.69, 9.17) is 10.8 Å². The van der Waals surface area contributed by atoms with Crippen molar-refractivity contribution in [3.05, 3.63) is 30.0 Å². The van der Waals surface area contributed by atoms with Crippen molar-refractivity contribution in [3.63, 3.8) is 0 Å². The van der Waals surface area contributed by atoms with Crippen LogP contribution < -0.4 is 5.73 Å². The van der Waals surface area contributed by atoms with Gasteiger partial charge in [-0.05, 0) is 32.0 Å².